The van der Waals surface area contributed by atoms with E-state index in [1.54, 1.807) is 25.1 Å². The van der Waals surface area contributed by atoms with Crippen molar-refractivity contribution in [1.82, 2.24) is 0 Å². The maximum absolute atomic E-state index is 10.7. The smallest absolute Gasteiger partial charge is 0.272 e. The fraction of sp³-hybridized carbons (Fsp3) is 0.143. The Labute approximate surface area is 110 Å². The highest BCUT2D eigenvalue weighted by atomic mass is 16.6. The van der Waals surface area contributed by atoms with E-state index in [-0.39, 0.29) is 11.4 Å². The Morgan fingerprint density at radius 3 is 2.47 bits per heavy atom. The number of hydrogen-bond acceptors (Lipinski definition) is 4. The Hall–Kier alpha value is -2.56. The molecule has 2 rings (SSSR count). The zero-order chi connectivity index (χ0) is 14.0. The van der Waals surface area contributed by atoms with Crippen molar-refractivity contribution in [1.29, 1.82) is 0 Å². The number of nitrogens with zero attached hydrogens (tertiary/aromatic N) is 1. The fourth-order valence-electron chi connectivity index (χ4n) is 1.74. The number of nitro benzene ring substituents is 1. The van der Waals surface area contributed by atoms with Gasteiger partial charge >= 0.3 is 0 Å². The monoisotopic (exact) mass is 259 g/mol. The zero-order valence-electron chi connectivity index (χ0n) is 10.6. The minimum absolute atomic E-state index is 0.0380. The van der Waals surface area contributed by atoms with Gasteiger partial charge in [0.05, 0.1) is 4.92 Å². The third kappa shape index (κ3) is 2.82. The maximum Gasteiger partial charge on any atom is 0.272 e. The SMILES string of the molecule is Cc1ccc(Oc2ccc([N+](=O)[O-])c(C)c2)c(O)c1. The van der Waals surface area contributed by atoms with Gasteiger partial charge in [-0.15, -0.1) is 0 Å². The Kier molecular flexibility index (Phi) is 3.37. The van der Waals surface area contributed by atoms with Gasteiger partial charge in [-0.3, -0.25) is 10.1 Å². The lowest BCUT2D eigenvalue weighted by molar-refractivity contribution is -0.385. The summed E-state index contributed by atoms with van der Waals surface area (Å²) in [6, 6.07) is 9.51. The van der Waals surface area contributed by atoms with Gasteiger partial charge in [-0.25, -0.2) is 0 Å². The molecule has 0 amide bonds. The number of aromatic hydroxyl groups is 1. The van der Waals surface area contributed by atoms with E-state index in [1.165, 1.54) is 12.1 Å². The van der Waals surface area contributed by atoms with Crippen LogP contribution in [-0.4, -0.2) is 10.0 Å². The van der Waals surface area contributed by atoms with Crippen molar-refractivity contribution in [3.63, 3.8) is 0 Å². The highest BCUT2D eigenvalue weighted by Gasteiger charge is 2.12. The summed E-state index contributed by atoms with van der Waals surface area (Å²) in [4.78, 5) is 10.3. The first-order valence-corrected chi connectivity index (χ1v) is 5.70. The van der Waals surface area contributed by atoms with Crippen LogP contribution in [-0.2, 0) is 0 Å². The van der Waals surface area contributed by atoms with Crippen molar-refractivity contribution in [3.05, 3.63) is 57.6 Å². The highest BCUT2D eigenvalue weighted by Crippen LogP contribution is 2.32. The number of phenolic OH excluding ortho intramolecular Hbond substituents is 1. The molecule has 0 spiro atoms. The molecule has 0 bridgehead atoms. The summed E-state index contributed by atoms with van der Waals surface area (Å²) in [7, 11) is 0. The predicted octanol–water partition coefficient (Wildman–Crippen LogP) is 3.71. The molecule has 0 aliphatic carbocycles. The van der Waals surface area contributed by atoms with Gasteiger partial charge < -0.3 is 9.84 Å². The van der Waals surface area contributed by atoms with Crippen LogP contribution >= 0.6 is 0 Å². The number of rotatable bonds is 3. The van der Waals surface area contributed by atoms with Crippen LogP contribution < -0.4 is 4.74 Å². The average Bonchev–Trinajstić information content (AvgIpc) is 2.32. The van der Waals surface area contributed by atoms with E-state index in [1.807, 2.05) is 13.0 Å². The van der Waals surface area contributed by atoms with E-state index in [9.17, 15) is 15.2 Å². The molecule has 0 saturated carbocycles. The Morgan fingerprint density at radius 1 is 1.16 bits per heavy atom. The molecule has 0 unspecified atom stereocenters. The summed E-state index contributed by atoms with van der Waals surface area (Å²) in [6.45, 7) is 3.50. The van der Waals surface area contributed by atoms with Crippen LogP contribution in [0.1, 0.15) is 11.1 Å². The number of aryl methyl sites for hydroxylation is 2. The second-order valence-corrected chi connectivity index (χ2v) is 4.28. The molecule has 2 aromatic carbocycles. The van der Waals surface area contributed by atoms with Gasteiger partial charge in [0.1, 0.15) is 5.75 Å². The van der Waals surface area contributed by atoms with E-state index in [2.05, 4.69) is 0 Å². The second-order valence-electron chi connectivity index (χ2n) is 4.28. The van der Waals surface area contributed by atoms with Crippen LogP contribution in [0.25, 0.3) is 0 Å². The van der Waals surface area contributed by atoms with Crippen LogP contribution in [0, 0.1) is 24.0 Å². The average molecular weight is 259 g/mol. The lowest BCUT2D eigenvalue weighted by Gasteiger charge is -2.08. The topological polar surface area (TPSA) is 72.6 Å². The molecular weight excluding hydrogens is 246 g/mol. The molecular formula is C14H13NO4. The summed E-state index contributed by atoms with van der Waals surface area (Å²) in [5, 5.41) is 20.4. The molecule has 19 heavy (non-hydrogen) atoms. The fourth-order valence-corrected chi connectivity index (χ4v) is 1.74. The van der Waals surface area contributed by atoms with Crippen LogP contribution in [0.15, 0.2) is 36.4 Å². The van der Waals surface area contributed by atoms with Gasteiger partial charge in [0.2, 0.25) is 0 Å². The summed E-state index contributed by atoms with van der Waals surface area (Å²) in [6.07, 6.45) is 0. The molecule has 5 nitrogen and oxygen atoms in total. The van der Waals surface area contributed by atoms with Crippen LogP contribution in [0.5, 0.6) is 17.2 Å². The minimum Gasteiger partial charge on any atom is -0.504 e. The molecule has 0 aliphatic rings. The van der Waals surface area contributed by atoms with Crippen molar-refractivity contribution >= 4 is 5.69 Å². The molecule has 1 N–H and O–H groups in total. The number of phenols is 1. The third-order valence-electron chi connectivity index (χ3n) is 2.71. The summed E-state index contributed by atoms with van der Waals surface area (Å²) in [5.41, 5.74) is 1.47. The van der Waals surface area contributed by atoms with Crippen LogP contribution in [0.4, 0.5) is 5.69 Å². The normalized spacial score (nSPS) is 10.2. The number of nitro groups is 1. The van der Waals surface area contributed by atoms with Crippen molar-refractivity contribution < 1.29 is 14.8 Å². The van der Waals surface area contributed by atoms with Gasteiger partial charge in [0.25, 0.3) is 5.69 Å². The summed E-state index contributed by atoms with van der Waals surface area (Å²) in [5.74, 6) is 0.803. The minimum atomic E-state index is -0.442. The summed E-state index contributed by atoms with van der Waals surface area (Å²) < 4.78 is 5.51. The van der Waals surface area contributed by atoms with E-state index >= 15 is 0 Å². The molecule has 2 aromatic rings. The van der Waals surface area contributed by atoms with Gasteiger partial charge in [-0.1, -0.05) is 6.07 Å². The van der Waals surface area contributed by atoms with Gasteiger partial charge in [0.15, 0.2) is 11.5 Å². The van der Waals surface area contributed by atoms with Crippen molar-refractivity contribution in [2.45, 2.75) is 13.8 Å². The first-order valence-electron chi connectivity index (χ1n) is 5.70. The Bertz CT molecular complexity index is 637. The number of ether oxygens (including phenoxy) is 1. The quantitative estimate of drug-likeness (QED) is 0.673. The molecule has 0 atom stereocenters. The first kappa shape index (κ1) is 12.9. The van der Waals surface area contributed by atoms with E-state index in [4.69, 9.17) is 4.74 Å². The maximum atomic E-state index is 10.7. The number of hydrogen-bond donors (Lipinski definition) is 1. The molecule has 0 aliphatic heterocycles. The Balaban J connectivity index is 2.29. The van der Waals surface area contributed by atoms with Gasteiger partial charge in [-0.2, -0.15) is 0 Å². The van der Waals surface area contributed by atoms with Gasteiger partial charge in [-0.05, 0) is 43.7 Å². The van der Waals surface area contributed by atoms with Gasteiger partial charge in [0, 0.05) is 11.6 Å². The van der Waals surface area contributed by atoms with Crippen molar-refractivity contribution in [2.24, 2.45) is 0 Å². The third-order valence-corrected chi connectivity index (χ3v) is 2.71. The molecule has 0 heterocycles. The summed E-state index contributed by atoms with van der Waals surface area (Å²) >= 11 is 0. The van der Waals surface area contributed by atoms with E-state index < -0.39 is 4.92 Å². The molecule has 0 fully saturated rings. The second kappa shape index (κ2) is 4.97. The lowest BCUT2D eigenvalue weighted by atomic mass is 10.2. The van der Waals surface area contributed by atoms with Crippen LogP contribution in [0.3, 0.4) is 0 Å². The van der Waals surface area contributed by atoms with E-state index in [0.717, 1.165) is 5.56 Å². The molecule has 0 saturated heterocycles. The van der Waals surface area contributed by atoms with Crippen molar-refractivity contribution in [2.75, 3.05) is 0 Å². The molecule has 0 radical (unpaired) electrons. The Morgan fingerprint density at radius 2 is 1.89 bits per heavy atom. The van der Waals surface area contributed by atoms with E-state index in [0.29, 0.717) is 17.1 Å². The molecule has 98 valence electrons. The first-order chi connectivity index (χ1) is 8.97. The lowest BCUT2D eigenvalue weighted by Crippen LogP contribution is -1.92. The molecule has 0 aromatic heterocycles. The number of benzene rings is 2. The highest BCUT2D eigenvalue weighted by molar-refractivity contribution is 5.48. The zero-order valence-corrected chi connectivity index (χ0v) is 10.6. The van der Waals surface area contributed by atoms with Crippen LogP contribution in [0.2, 0.25) is 0 Å². The molecule has 5 heteroatoms. The predicted molar refractivity (Wildman–Crippen MR) is 70.8 cm³/mol. The largest absolute Gasteiger partial charge is 0.504 e. The standard InChI is InChI=1S/C14H13NO4/c1-9-3-6-14(13(16)7-9)19-11-4-5-12(15(17)18)10(2)8-11/h3-8,16H,1-2H3. The van der Waals surface area contributed by atoms with Crippen molar-refractivity contribution in [3.8, 4) is 17.2 Å².